The number of rotatable bonds is 5. The quantitative estimate of drug-likeness (QED) is 0.838. The van der Waals surface area contributed by atoms with E-state index >= 15 is 0 Å². The van der Waals surface area contributed by atoms with E-state index in [2.05, 4.69) is 15.9 Å². The van der Waals surface area contributed by atoms with Gasteiger partial charge >= 0.3 is 0 Å². The van der Waals surface area contributed by atoms with Crippen molar-refractivity contribution in [3.63, 3.8) is 0 Å². The summed E-state index contributed by atoms with van der Waals surface area (Å²) >= 11 is 3.41. The minimum Gasteiger partial charge on any atom is -0.493 e. The lowest BCUT2D eigenvalue weighted by Gasteiger charge is -2.14. The zero-order valence-corrected chi connectivity index (χ0v) is 11.5. The van der Waals surface area contributed by atoms with Gasteiger partial charge in [-0.3, -0.25) is 4.79 Å². The standard InChI is InChI=1S/C13H15BrO3/c1-8(15)5-9-6-10(14)7-12(16-2)13(9)17-11-3-4-11/h6-7,11H,3-5H2,1-2H3. The summed E-state index contributed by atoms with van der Waals surface area (Å²) in [5, 5.41) is 0. The molecule has 1 aliphatic carbocycles. The Hall–Kier alpha value is -1.03. The molecule has 0 bridgehead atoms. The van der Waals surface area contributed by atoms with Gasteiger partial charge in [-0.25, -0.2) is 0 Å². The van der Waals surface area contributed by atoms with Crippen LogP contribution in [0.25, 0.3) is 0 Å². The van der Waals surface area contributed by atoms with Crippen LogP contribution in [0.5, 0.6) is 11.5 Å². The molecule has 0 unspecified atom stereocenters. The summed E-state index contributed by atoms with van der Waals surface area (Å²) in [6.45, 7) is 1.58. The van der Waals surface area contributed by atoms with E-state index in [1.807, 2.05) is 12.1 Å². The fourth-order valence-electron chi connectivity index (χ4n) is 1.66. The van der Waals surface area contributed by atoms with Gasteiger partial charge in [0.25, 0.3) is 0 Å². The minimum absolute atomic E-state index is 0.116. The van der Waals surface area contributed by atoms with Crippen molar-refractivity contribution < 1.29 is 14.3 Å². The van der Waals surface area contributed by atoms with Crippen molar-refractivity contribution in [2.45, 2.75) is 32.3 Å². The molecule has 92 valence electrons. The Balaban J connectivity index is 2.36. The van der Waals surface area contributed by atoms with Crippen LogP contribution in [0.15, 0.2) is 16.6 Å². The Morgan fingerprint density at radius 1 is 1.47 bits per heavy atom. The lowest BCUT2D eigenvalue weighted by Crippen LogP contribution is -2.05. The fraction of sp³-hybridized carbons (Fsp3) is 0.462. The molecular formula is C13H15BrO3. The number of hydrogen-bond acceptors (Lipinski definition) is 3. The highest BCUT2D eigenvalue weighted by Gasteiger charge is 2.26. The molecule has 4 heteroatoms. The van der Waals surface area contributed by atoms with Crippen LogP contribution in [0.3, 0.4) is 0 Å². The molecule has 0 radical (unpaired) electrons. The SMILES string of the molecule is COc1cc(Br)cc(CC(C)=O)c1OC1CC1. The van der Waals surface area contributed by atoms with Crippen molar-refractivity contribution in [3.05, 3.63) is 22.2 Å². The van der Waals surface area contributed by atoms with Gasteiger partial charge in [-0.05, 0) is 31.9 Å². The lowest BCUT2D eigenvalue weighted by atomic mass is 10.1. The zero-order chi connectivity index (χ0) is 12.4. The average Bonchev–Trinajstić information content (AvgIpc) is 3.04. The van der Waals surface area contributed by atoms with E-state index in [0.717, 1.165) is 22.9 Å². The third-order valence-electron chi connectivity index (χ3n) is 2.56. The van der Waals surface area contributed by atoms with Gasteiger partial charge < -0.3 is 9.47 Å². The molecule has 0 aliphatic heterocycles. The van der Waals surface area contributed by atoms with Crippen LogP contribution in [0.4, 0.5) is 0 Å². The van der Waals surface area contributed by atoms with E-state index < -0.39 is 0 Å². The van der Waals surface area contributed by atoms with E-state index in [9.17, 15) is 4.79 Å². The predicted molar refractivity (Wildman–Crippen MR) is 68.7 cm³/mol. The highest BCUT2D eigenvalue weighted by atomic mass is 79.9. The molecule has 0 spiro atoms. The van der Waals surface area contributed by atoms with Gasteiger partial charge in [0.15, 0.2) is 11.5 Å². The largest absolute Gasteiger partial charge is 0.493 e. The van der Waals surface area contributed by atoms with Crippen molar-refractivity contribution in [2.24, 2.45) is 0 Å². The first-order valence-electron chi connectivity index (χ1n) is 5.62. The summed E-state index contributed by atoms with van der Waals surface area (Å²) in [6.07, 6.45) is 2.82. The number of halogens is 1. The molecule has 0 atom stereocenters. The second-order valence-corrected chi connectivity index (χ2v) is 5.21. The number of ketones is 1. The second-order valence-electron chi connectivity index (χ2n) is 4.29. The maximum atomic E-state index is 11.3. The Labute approximate surface area is 109 Å². The third kappa shape index (κ3) is 3.22. The topological polar surface area (TPSA) is 35.5 Å². The van der Waals surface area contributed by atoms with Crippen LogP contribution < -0.4 is 9.47 Å². The molecule has 0 amide bonds. The summed E-state index contributed by atoms with van der Waals surface area (Å²) in [5.41, 5.74) is 0.885. The molecule has 0 saturated heterocycles. The molecule has 17 heavy (non-hydrogen) atoms. The van der Waals surface area contributed by atoms with Crippen molar-refractivity contribution >= 4 is 21.7 Å². The number of hydrogen-bond donors (Lipinski definition) is 0. The molecule has 1 aromatic carbocycles. The number of benzene rings is 1. The Morgan fingerprint density at radius 2 is 2.18 bits per heavy atom. The Bertz CT molecular complexity index is 439. The van der Waals surface area contributed by atoms with Gasteiger partial charge in [-0.1, -0.05) is 15.9 Å². The maximum Gasteiger partial charge on any atom is 0.165 e. The van der Waals surface area contributed by atoms with E-state index in [4.69, 9.17) is 9.47 Å². The summed E-state index contributed by atoms with van der Waals surface area (Å²) in [5.74, 6) is 1.52. The molecule has 0 heterocycles. The fourth-order valence-corrected chi connectivity index (χ4v) is 2.14. The van der Waals surface area contributed by atoms with Crippen molar-refractivity contribution in [3.8, 4) is 11.5 Å². The molecule has 1 saturated carbocycles. The van der Waals surface area contributed by atoms with Gasteiger partial charge in [0, 0.05) is 16.5 Å². The highest BCUT2D eigenvalue weighted by Crippen LogP contribution is 2.39. The minimum atomic E-state index is 0.116. The molecule has 0 N–H and O–H groups in total. The first-order chi connectivity index (χ1) is 8.10. The number of carbonyl (C=O) groups excluding carboxylic acids is 1. The van der Waals surface area contributed by atoms with Crippen molar-refractivity contribution in [1.29, 1.82) is 0 Å². The van der Waals surface area contributed by atoms with Crippen LogP contribution in [-0.4, -0.2) is 19.0 Å². The number of Topliss-reactive ketones (excluding diaryl/α,β-unsaturated/α-hetero) is 1. The van der Waals surface area contributed by atoms with Crippen LogP contribution in [0.1, 0.15) is 25.3 Å². The average molecular weight is 299 g/mol. The van der Waals surface area contributed by atoms with Crippen LogP contribution in [0, 0.1) is 0 Å². The van der Waals surface area contributed by atoms with Gasteiger partial charge in [0.05, 0.1) is 13.2 Å². The summed E-state index contributed by atoms with van der Waals surface area (Å²) in [6, 6.07) is 3.78. The van der Waals surface area contributed by atoms with Gasteiger partial charge in [0.1, 0.15) is 5.78 Å². The van der Waals surface area contributed by atoms with E-state index in [-0.39, 0.29) is 11.9 Å². The van der Waals surface area contributed by atoms with E-state index in [0.29, 0.717) is 17.9 Å². The van der Waals surface area contributed by atoms with Gasteiger partial charge in [-0.15, -0.1) is 0 Å². The van der Waals surface area contributed by atoms with Crippen LogP contribution in [0.2, 0.25) is 0 Å². The molecule has 1 fully saturated rings. The summed E-state index contributed by atoms with van der Waals surface area (Å²) in [4.78, 5) is 11.3. The number of carbonyl (C=O) groups is 1. The smallest absolute Gasteiger partial charge is 0.165 e. The molecule has 1 aliphatic rings. The molecular weight excluding hydrogens is 284 g/mol. The van der Waals surface area contributed by atoms with Crippen LogP contribution in [-0.2, 0) is 11.2 Å². The number of methoxy groups -OCH3 is 1. The van der Waals surface area contributed by atoms with Gasteiger partial charge in [0.2, 0.25) is 0 Å². The molecule has 3 nitrogen and oxygen atoms in total. The van der Waals surface area contributed by atoms with E-state index in [1.165, 1.54) is 0 Å². The normalized spacial score (nSPS) is 14.5. The predicted octanol–water partition coefficient (Wildman–Crippen LogP) is 3.13. The van der Waals surface area contributed by atoms with Crippen molar-refractivity contribution in [2.75, 3.05) is 7.11 Å². The van der Waals surface area contributed by atoms with E-state index in [1.54, 1.807) is 14.0 Å². The maximum absolute atomic E-state index is 11.3. The second kappa shape index (κ2) is 5.08. The molecule has 0 aromatic heterocycles. The summed E-state index contributed by atoms with van der Waals surface area (Å²) < 4.78 is 12.0. The highest BCUT2D eigenvalue weighted by molar-refractivity contribution is 9.10. The Morgan fingerprint density at radius 3 is 2.71 bits per heavy atom. The van der Waals surface area contributed by atoms with Crippen molar-refractivity contribution in [1.82, 2.24) is 0 Å². The van der Waals surface area contributed by atoms with Crippen LogP contribution >= 0.6 is 15.9 Å². The summed E-state index contributed by atoms with van der Waals surface area (Å²) in [7, 11) is 1.61. The number of ether oxygens (including phenoxy) is 2. The lowest BCUT2D eigenvalue weighted by molar-refractivity contribution is -0.116. The van der Waals surface area contributed by atoms with Gasteiger partial charge in [-0.2, -0.15) is 0 Å². The third-order valence-corrected chi connectivity index (χ3v) is 3.02. The molecule has 2 rings (SSSR count). The molecule has 1 aromatic rings. The monoisotopic (exact) mass is 298 g/mol. The zero-order valence-electron chi connectivity index (χ0n) is 9.96. The Kier molecular flexibility index (Phi) is 3.72. The first-order valence-corrected chi connectivity index (χ1v) is 6.42. The first kappa shape index (κ1) is 12.4.